The fourth-order valence-electron chi connectivity index (χ4n) is 2.84. The van der Waals surface area contributed by atoms with Gasteiger partial charge in [0.15, 0.2) is 0 Å². The van der Waals surface area contributed by atoms with Gasteiger partial charge in [-0.3, -0.25) is 15.0 Å². The Morgan fingerprint density at radius 3 is 2.86 bits per heavy atom. The maximum Gasteiger partial charge on any atom is 0.238 e. The molecule has 0 bridgehead atoms. The maximum absolute atomic E-state index is 12.1. The molecule has 1 N–H and O–H groups in total. The Hall–Kier alpha value is -1.14. The first kappa shape index (κ1) is 14.8. The van der Waals surface area contributed by atoms with Crippen molar-refractivity contribution in [3.8, 4) is 0 Å². The number of carbonyl (C=O) groups is 1. The number of rotatable bonds is 4. The summed E-state index contributed by atoms with van der Waals surface area (Å²) in [5.41, 5.74) is 1.04. The van der Waals surface area contributed by atoms with Gasteiger partial charge in [-0.25, -0.2) is 0 Å². The zero-order valence-electron chi connectivity index (χ0n) is 11.9. The monoisotopic (exact) mass is 309 g/mol. The lowest BCUT2D eigenvalue weighted by atomic mass is 10.1. The van der Waals surface area contributed by atoms with Crippen LogP contribution >= 0.6 is 11.6 Å². The van der Waals surface area contributed by atoms with E-state index in [0.717, 1.165) is 45.0 Å². The van der Waals surface area contributed by atoms with E-state index in [-0.39, 0.29) is 12.1 Å². The van der Waals surface area contributed by atoms with E-state index < -0.39 is 0 Å². The highest BCUT2D eigenvalue weighted by atomic mass is 35.5. The molecule has 2 aliphatic heterocycles. The predicted molar refractivity (Wildman–Crippen MR) is 81.2 cm³/mol. The van der Waals surface area contributed by atoms with Crippen LogP contribution in [0.15, 0.2) is 24.3 Å². The van der Waals surface area contributed by atoms with Crippen molar-refractivity contribution in [2.45, 2.75) is 6.17 Å². The van der Waals surface area contributed by atoms with E-state index in [4.69, 9.17) is 16.3 Å². The third kappa shape index (κ3) is 3.55. The quantitative estimate of drug-likeness (QED) is 0.905. The minimum Gasteiger partial charge on any atom is -0.379 e. The van der Waals surface area contributed by atoms with Gasteiger partial charge in [0.05, 0.1) is 19.8 Å². The summed E-state index contributed by atoms with van der Waals surface area (Å²) in [5.74, 6) is 0.147. The van der Waals surface area contributed by atoms with E-state index in [0.29, 0.717) is 11.6 Å². The van der Waals surface area contributed by atoms with Crippen LogP contribution in [0.25, 0.3) is 0 Å². The van der Waals surface area contributed by atoms with Crippen molar-refractivity contribution in [3.05, 3.63) is 34.9 Å². The Labute approximate surface area is 129 Å². The van der Waals surface area contributed by atoms with Crippen molar-refractivity contribution in [1.29, 1.82) is 0 Å². The van der Waals surface area contributed by atoms with Crippen molar-refractivity contribution >= 4 is 17.5 Å². The third-order valence-electron chi connectivity index (χ3n) is 4.00. The molecule has 2 aliphatic rings. The van der Waals surface area contributed by atoms with Crippen molar-refractivity contribution in [3.63, 3.8) is 0 Å². The normalized spacial score (nSPS) is 23.8. The molecule has 1 aromatic carbocycles. The van der Waals surface area contributed by atoms with Crippen LogP contribution in [-0.2, 0) is 9.53 Å². The lowest BCUT2D eigenvalue weighted by Crippen LogP contribution is -2.42. The molecule has 3 rings (SSSR count). The summed E-state index contributed by atoms with van der Waals surface area (Å²) in [7, 11) is 0. The van der Waals surface area contributed by atoms with Crippen molar-refractivity contribution in [2.24, 2.45) is 0 Å². The van der Waals surface area contributed by atoms with E-state index >= 15 is 0 Å². The molecule has 1 amide bonds. The van der Waals surface area contributed by atoms with Gasteiger partial charge in [-0.1, -0.05) is 23.7 Å². The molecular weight excluding hydrogens is 290 g/mol. The number of hydrogen-bond acceptors (Lipinski definition) is 4. The molecule has 0 radical (unpaired) electrons. The molecule has 0 saturated carbocycles. The fourth-order valence-corrected chi connectivity index (χ4v) is 3.04. The number of hydrogen-bond donors (Lipinski definition) is 1. The topological polar surface area (TPSA) is 44.8 Å². The number of nitrogens with zero attached hydrogens (tertiary/aromatic N) is 2. The second kappa shape index (κ2) is 6.75. The molecule has 0 aliphatic carbocycles. The van der Waals surface area contributed by atoms with E-state index in [1.165, 1.54) is 0 Å². The maximum atomic E-state index is 12.1. The van der Waals surface area contributed by atoms with Gasteiger partial charge < -0.3 is 9.64 Å². The van der Waals surface area contributed by atoms with Gasteiger partial charge >= 0.3 is 0 Å². The number of amides is 1. The first-order chi connectivity index (χ1) is 10.2. The number of morpholine rings is 1. The second-order valence-corrected chi connectivity index (χ2v) is 5.82. The Kier molecular flexibility index (Phi) is 4.75. The first-order valence-electron chi connectivity index (χ1n) is 7.32. The highest BCUT2D eigenvalue weighted by Crippen LogP contribution is 2.24. The van der Waals surface area contributed by atoms with Gasteiger partial charge in [-0.2, -0.15) is 0 Å². The molecule has 2 fully saturated rings. The van der Waals surface area contributed by atoms with E-state index in [1.807, 2.05) is 29.2 Å². The lowest BCUT2D eigenvalue weighted by molar-refractivity contribution is -0.128. The third-order valence-corrected chi connectivity index (χ3v) is 4.24. The molecule has 2 saturated heterocycles. The zero-order chi connectivity index (χ0) is 14.7. The van der Waals surface area contributed by atoms with Crippen LogP contribution in [-0.4, -0.2) is 61.6 Å². The van der Waals surface area contributed by atoms with Gasteiger partial charge in [0.1, 0.15) is 6.17 Å². The molecule has 21 heavy (non-hydrogen) atoms. The van der Waals surface area contributed by atoms with Crippen LogP contribution in [0.5, 0.6) is 0 Å². The first-order valence-corrected chi connectivity index (χ1v) is 7.70. The number of nitrogens with one attached hydrogen (secondary N) is 1. The largest absolute Gasteiger partial charge is 0.379 e. The summed E-state index contributed by atoms with van der Waals surface area (Å²) in [6.07, 6.45) is -0.0720. The standard InChI is InChI=1S/C15H20ClN3O2/c16-13-3-1-2-12(10-13)15-17-11-14(20)19(15)5-4-18-6-8-21-9-7-18/h1-3,10,15,17H,4-9,11H2. The van der Waals surface area contributed by atoms with Crippen molar-refractivity contribution < 1.29 is 9.53 Å². The lowest BCUT2D eigenvalue weighted by Gasteiger charge is -2.30. The zero-order valence-corrected chi connectivity index (χ0v) is 12.7. The van der Waals surface area contributed by atoms with Crippen LogP contribution in [0.3, 0.4) is 0 Å². The molecule has 2 heterocycles. The van der Waals surface area contributed by atoms with Gasteiger partial charge in [-0.15, -0.1) is 0 Å². The molecule has 0 aromatic heterocycles. The number of carbonyl (C=O) groups excluding carboxylic acids is 1. The average Bonchev–Trinajstić information content (AvgIpc) is 2.87. The Morgan fingerprint density at radius 1 is 1.29 bits per heavy atom. The van der Waals surface area contributed by atoms with E-state index in [1.54, 1.807) is 0 Å². The highest BCUT2D eigenvalue weighted by molar-refractivity contribution is 6.30. The summed E-state index contributed by atoms with van der Waals surface area (Å²) in [4.78, 5) is 16.3. The summed E-state index contributed by atoms with van der Waals surface area (Å²) in [6, 6.07) is 7.69. The van der Waals surface area contributed by atoms with Gasteiger partial charge in [-0.05, 0) is 17.7 Å². The van der Waals surface area contributed by atoms with E-state index in [2.05, 4.69) is 10.2 Å². The molecular formula is C15H20ClN3O2. The minimum atomic E-state index is -0.0720. The van der Waals surface area contributed by atoms with Crippen molar-refractivity contribution in [2.75, 3.05) is 45.9 Å². The summed E-state index contributed by atoms with van der Waals surface area (Å²) >= 11 is 6.05. The molecule has 6 heteroatoms. The second-order valence-electron chi connectivity index (χ2n) is 5.38. The Bertz CT molecular complexity index is 505. The Balaban J connectivity index is 1.65. The summed E-state index contributed by atoms with van der Waals surface area (Å²) < 4.78 is 5.35. The van der Waals surface area contributed by atoms with Crippen molar-refractivity contribution in [1.82, 2.24) is 15.1 Å². The van der Waals surface area contributed by atoms with Gasteiger partial charge in [0.2, 0.25) is 5.91 Å². The Morgan fingerprint density at radius 2 is 2.10 bits per heavy atom. The molecule has 1 unspecified atom stereocenters. The minimum absolute atomic E-state index is 0.0720. The van der Waals surface area contributed by atoms with Crippen LogP contribution in [0.4, 0.5) is 0 Å². The molecule has 114 valence electrons. The van der Waals surface area contributed by atoms with Crippen LogP contribution in [0.2, 0.25) is 5.02 Å². The average molecular weight is 310 g/mol. The molecule has 1 atom stereocenters. The van der Waals surface area contributed by atoms with Crippen LogP contribution in [0, 0.1) is 0 Å². The summed E-state index contributed by atoms with van der Waals surface area (Å²) in [6.45, 7) is 5.44. The highest BCUT2D eigenvalue weighted by Gasteiger charge is 2.31. The number of halogens is 1. The molecule has 1 aromatic rings. The predicted octanol–water partition coefficient (Wildman–Crippen LogP) is 1.10. The van der Waals surface area contributed by atoms with Gasteiger partial charge in [0.25, 0.3) is 0 Å². The number of benzene rings is 1. The van der Waals surface area contributed by atoms with E-state index in [9.17, 15) is 4.79 Å². The fraction of sp³-hybridized carbons (Fsp3) is 0.533. The van der Waals surface area contributed by atoms with Crippen LogP contribution in [0.1, 0.15) is 11.7 Å². The van der Waals surface area contributed by atoms with Gasteiger partial charge in [0, 0.05) is 31.2 Å². The SMILES string of the molecule is O=C1CNC(c2cccc(Cl)c2)N1CCN1CCOCC1. The van der Waals surface area contributed by atoms with Crippen LogP contribution < -0.4 is 5.32 Å². The molecule has 5 nitrogen and oxygen atoms in total. The number of ether oxygens (including phenoxy) is 1. The molecule has 0 spiro atoms. The summed E-state index contributed by atoms with van der Waals surface area (Å²) in [5, 5.41) is 3.96. The smallest absolute Gasteiger partial charge is 0.238 e.